The molecule has 1 aliphatic heterocycles. The second kappa shape index (κ2) is 12.5. The summed E-state index contributed by atoms with van der Waals surface area (Å²) in [6.07, 6.45) is 3.72. The summed E-state index contributed by atoms with van der Waals surface area (Å²) in [5.41, 5.74) is 3.58. The third kappa shape index (κ3) is 6.69. The van der Waals surface area contributed by atoms with Gasteiger partial charge in [-0.25, -0.2) is 4.99 Å². The van der Waals surface area contributed by atoms with Gasteiger partial charge in [-0.1, -0.05) is 72.4 Å². The number of carbonyl (C=O) groups is 1. The number of ether oxygens (including phenoxy) is 2. The first kappa shape index (κ1) is 27.1. The highest BCUT2D eigenvalue weighted by atomic mass is 35.5. The Hall–Kier alpha value is -2.93. The molecule has 0 atom stereocenters. The summed E-state index contributed by atoms with van der Waals surface area (Å²) < 4.78 is 11.7. The van der Waals surface area contributed by atoms with Gasteiger partial charge >= 0.3 is 0 Å². The fraction of sp³-hybridized carbons (Fsp3) is 0.241. The number of benzene rings is 3. The maximum absolute atomic E-state index is 13.4. The van der Waals surface area contributed by atoms with Crippen LogP contribution in [0.1, 0.15) is 36.5 Å². The fourth-order valence-corrected chi connectivity index (χ4v) is 5.06. The molecular weight excluding hydrogens is 527 g/mol. The Morgan fingerprint density at radius 3 is 2.54 bits per heavy atom. The van der Waals surface area contributed by atoms with E-state index in [1.54, 1.807) is 24.1 Å². The lowest BCUT2D eigenvalue weighted by atomic mass is 10.1. The van der Waals surface area contributed by atoms with Crippen molar-refractivity contribution >= 4 is 57.8 Å². The Labute approximate surface area is 232 Å². The van der Waals surface area contributed by atoms with E-state index in [4.69, 9.17) is 37.7 Å². The number of methoxy groups -OCH3 is 1. The molecule has 0 bridgehead atoms. The topological polar surface area (TPSA) is 51.1 Å². The number of aliphatic imine (C=N–C) groups is 1. The van der Waals surface area contributed by atoms with Gasteiger partial charge in [-0.2, -0.15) is 0 Å². The number of aryl methyl sites for hydroxylation is 1. The minimum Gasteiger partial charge on any atom is -0.493 e. The van der Waals surface area contributed by atoms with Crippen LogP contribution in [0.5, 0.6) is 11.5 Å². The van der Waals surface area contributed by atoms with Crippen molar-refractivity contribution in [2.24, 2.45) is 4.99 Å². The number of halogens is 2. The molecule has 1 saturated heterocycles. The van der Waals surface area contributed by atoms with Gasteiger partial charge in [-0.3, -0.25) is 9.69 Å². The van der Waals surface area contributed by atoms with Gasteiger partial charge < -0.3 is 9.47 Å². The SMILES string of the molecule is CCCCN1C(=O)/C(=C\c2cccc(OC)c2OCc2ccc(Cl)c(Cl)c2)SC1=Nc1ccc(C)cc1. The van der Waals surface area contributed by atoms with Gasteiger partial charge in [0.1, 0.15) is 6.61 Å². The van der Waals surface area contributed by atoms with Crippen molar-refractivity contribution in [2.75, 3.05) is 13.7 Å². The molecule has 0 unspecified atom stereocenters. The number of nitrogens with zero attached hydrogens (tertiary/aromatic N) is 2. The average Bonchev–Trinajstić information content (AvgIpc) is 3.18. The van der Waals surface area contributed by atoms with E-state index in [2.05, 4.69) is 6.92 Å². The van der Waals surface area contributed by atoms with E-state index in [1.807, 2.05) is 61.5 Å². The van der Waals surface area contributed by atoms with Crippen LogP contribution >= 0.6 is 35.0 Å². The van der Waals surface area contributed by atoms with Crippen molar-refractivity contribution in [3.05, 3.63) is 92.3 Å². The molecule has 0 aliphatic carbocycles. The molecule has 1 aliphatic rings. The van der Waals surface area contributed by atoms with E-state index >= 15 is 0 Å². The number of hydrogen-bond donors (Lipinski definition) is 0. The Morgan fingerprint density at radius 1 is 1.05 bits per heavy atom. The van der Waals surface area contributed by atoms with Crippen LogP contribution in [0.25, 0.3) is 6.08 Å². The minimum absolute atomic E-state index is 0.0671. The highest BCUT2D eigenvalue weighted by Gasteiger charge is 2.33. The second-order valence-electron chi connectivity index (χ2n) is 8.57. The lowest BCUT2D eigenvalue weighted by Crippen LogP contribution is -2.30. The number of rotatable bonds is 9. The number of unbranched alkanes of at least 4 members (excludes halogenated alkanes) is 1. The third-order valence-corrected chi connectivity index (χ3v) is 7.51. The highest BCUT2D eigenvalue weighted by Crippen LogP contribution is 2.39. The standard InChI is InChI=1S/C29H28Cl2N2O3S/c1-4-5-15-33-28(34)26(37-29(33)32-22-12-9-19(2)10-13-22)17-21-7-6-8-25(35-3)27(21)36-18-20-11-14-23(30)24(31)16-20/h6-14,16-17H,4-5,15,18H2,1-3H3/b26-17+,32-29?. The van der Waals surface area contributed by atoms with Crippen LogP contribution < -0.4 is 9.47 Å². The van der Waals surface area contributed by atoms with E-state index in [-0.39, 0.29) is 12.5 Å². The number of carbonyl (C=O) groups excluding carboxylic acids is 1. The van der Waals surface area contributed by atoms with Gasteiger partial charge in [0.05, 0.1) is 27.7 Å². The normalized spacial score (nSPS) is 15.6. The fourth-order valence-electron chi connectivity index (χ4n) is 3.72. The van der Waals surface area contributed by atoms with Crippen LogP contribution in [-0.4, -0.2) is 29.6 Å². The summed E-state index contributed by atoms with van der Waals surface area (Å²) in [6, 6.07) is 18.9. The molecule has 0 aromatic heterocycles. The van der Waals surface area contributed by atoms with Gasteiger partial charge in [-0.05, 0) is 67.1 Å². The van der Waals surface area contributed by atoms with Crippen molar-refractivity contribution in [3.8, 4) is 11.5 Å². The number of amides is 1. The number of para-hydroxylation sites is 1. The predicted molar refractivity (Wildman–Crippen MR) is 154 cm³/mol. The van der Waals surface area contributed by atoms with Gasteiger partial charge in [-0.15, -0.1) is 0 Å². The Bertz CT molecular complexity index is 1340. The summed E-state index contributed by atoms with van der Waals surface area (Å²) in [7, 11) is 1.59. The van der Waals surface area contributed by atoms with E-state index in [0.717, 1.165) is 35.2 Å². The first-order valence-corrected chi connectivity index (χ1v) is 13.6. The molecule has 8 heteroatoms. The Kier molecular flexibility index (Phi) is 9.19. The summed E-state index contributed by atoms with van der Waals surface area (Å²) >= 11 is 13.6. The molecule has 0 N–H and O–H groups in total. The number of thioether (sulfide) groups is 1. The zero-order valence-corrected chi connectivity index (χ0v) is 23.3. The van der Waals surface area contributed by atoms with Crippen LogP contribution in [0.15, 0.2) is 70.6 Å². The van der Waals surface area contributed by atoms with Crippen LogP contribution in [0.2, 0.25) is 10.0 Å². The molecule has 37 heavy (non-hydrogen) atoms. The van der Waals surface area contributed by atoms with E-state index < -0.39 is 0 Å². The molecule has 4 rings (SSSR count). The van der Waals surface area contributed by atoms with Crippen molar-refractivity contribution in [2.45, 2.75) is 33.3 Å². The van der Waals surface area contributed by atoms with E-state index in [9.17, 15) is 4.79 Å². The first-order chi connectivity index (χ1) is 17.9. The zero-order valence-electron chi connectivity index (χ0n) is 21.0. The summed E-state index contributed by atoms with van der Waals surface area (Å²) in [5.74, 6) is 1.05. The quantitative estimate of drug-likeness (QED) is 0.249. The van der Waals surface area contributed by atoms with Crippen LogP contribution in [0.3, 0.4) is 0 Å². The van der Waals surface area contributed by atoms with E-state index in [0.29, 0.717) is 38.2 Å². The molecular formula is C29H28Cl2N2O3S. The maximum Gasteiger partial charge on any atom is 0.266 e. The largest absolute Gasteiger partial charge is 0.493 e. The van der Waals surface area contributed by atoms with Gasteiger partial charge in [0.15, 0.2) is 16.7 Å². The molecule has 3 aromatic rings. The molecule has 1 amide bonds. The molecule has 1 fully saturated rings. The smallest absolute Gasteiger partial charge is 0.266 e. The number of hydrogen-bond acceptors (Lipinski definition) is 5. The van der Waals surface area contributed by atoms with Crippen molar-refractivity contribution in [3.63, 3.8) is 0 Å². The van der Waals surface area contributed by atoms with Crippen molar-refractivity contribution in [1.82, 2.24) is 4.90 Å². The van der Waals surface area contributed by atoms with Crippen LogP contribution in [-0.2, 0) is 11.4 Å². The summed E-state index contributed by atoms with van der Waals surface area (Å²) in [4.78, 5) is 20.6. The molecule has 192 valence electrons. The zero-order chi connectivity index (χ0) is 26.4. The monoisotopic (exact) mass is 554 g/mol. The summed E-state index contributed by atoms with van der Waals surface area (Å²) in [5, 5.41) is 1.63. The molecule has 0 saturated carbocycles. The second-order valence-corrected chi connectivity index (χ2v) is 10.4. The number of amidine groups is 1. The molecule has 3 aromatic carbocycles. The maximum atomic E-state index is 13.4. The Balaban J connectivity index is 1.65. The molecule has 0 spiro atoms. The average molecular weight is 556 g/mol. The summed E-state index contributed by atoms with van der Waals surface area (Å²) in [6.45, 7) is 5.02. The third-order valence-electron chi connectivity index (χ3n) is 5.77. The van der Waals surface area contributed by atoms with Gasteiger partial charge in [0.25, 0.3) is 5.91 Å². The van der Waals surface area contributed by atoms with Gasteiger partial charge in [0.2, 0.25) is 0 Å². The molecule has 1 heterocycles. The van der Waals surface area contributed by atoms with Crippen molar-refractivity contribution < 1.29 is 14.3 Å². The first-order valence-electron chi connectivity index (χ1n) is 12.0. The lowest BCUT2D eigenvalue weighted by molar-refractivity contribution is -0.122. The van der Waals surface area contributed by atoms with E-state index in [1.165, 1.54) is 11.8 Å². The minimum atomic E-state index is -0.0671. The van der Waals surface area contributed by atoms with Gasteiger partial charge in [0, 0.05) is 12.1 Å². The molecule has 5 nitrogen and oxygen atoms in total. The highest BCUT2D eigenvalue weighted by molar-refractivity contribution is 8.18. The van der Waals surface area contributed by atoms with Crippen LogP contribution in [0.4, 0.5) is 5.69 Å². The van der Waals surface area contributed by atoms with Crippen molar-refractivity contribution in [1.29, 1.82) is 0 Å². The Morgan fingerprint density at radius 2 is 1.84 bits per heavy atom. The lowest BCUT2D eigenvalue weighted by Gasteiger charge is -2.15. The van der Waals surface area contributed by atoms with Crippen LogP contribution in [0, 0.1) is 6.92 Å². The molecule has 0 radical (unpaired) electrons. The predicted octanol–water partition coefficient (Wildman–Crippen LogP) is 8.29.